The van der Waals surface area contributed by atoms with Crippen molar-refractivity contribution >= 4 is 0 Å². The molecule has 0 aliphatic heterocycles. The molecule has 4 nitrogen and oxygen atoms in total. The van der Waals surface area contributed by atoms with Gasteiger partial charge in [-0.3, -0.25) is 0 Å². The van der Waals surface area contributed by atoms with E-state index in [2.05, 4.69) is 11.9 Å². The Labute approximate surface area is 114 Å². The third kappa shape index (κ3) is 2.79. The van der Waals surface area contributed by atoms with Gasteiger partial charge in [0.25, 0.3) is 0 Å². The van der Waals surface area contributed by atoms with Crippen LogP contribution in [0.4, 0.5) is 0 Å². The minimum absolute atomic E-state index is 0.290. The summed E-state index contributed by atoms with van der Waals surface area (Å²) in [7, 11) is 1.67. The molecule has 1 aromatic heterocycles. The number of methoxy groups -OCH3 is 1. The maximum Gasteiger partial charge on any atom is 0.119 e. The highest BCUT2D eigenvalue weighted by atomic mass is 16.5. The number of nitrogens with two attached hydrogens (primary N) is 1. The van der Waals surface area contributed by atoms with Crippen molar-refractivity contribution in [3.63, 3.8) is 0 Å². The van der Waals surface area contributed by atoms with Gasteiger partial charge in [-0.1, -0.05) is 19.1 Å². The summed E-state index contributed by atoms with van der Waals surface area (Å²) in [6, 6.07) is 7.94. The van der Waals surface area contributed by atoms with Crippen molar-refractivity contribution in [2.45, 2.75) is 26.2 Å². The van der Waals surface area contributed by atoms with Gasteiger partial charge >= 0.3 is 0 Å². The van der Waals surface area contributed by atoms with Gasteiger partial charge in [-0.05, 0) is 25.5 Å². The van der Waals surface area contributed by atoms with E-state index in [0.29, 0.717) is 6.54 Å². The predicted molar refractivity (Wildman–Crippen MR) is 77.4 cm³/mol. The average Bonchev–Trinajstić information content (AvgIpc) is 2.82. The molecule has 2 aromatic rings. The number of ether oxygens (including phenoxy) is 1. The molecule has 0 fully saturated rings. The molecule has 19 heavy (non-hydrogen) atoms. The first-order chi connectivity index (χ1) is 9.19. The third-order valence-electron chi connectivity index (χ3n) is 3.41. The fraction of sp³-hybridized carbons (Fsp3) is 0.400. The number of hydrogen-bond donors (Lipinski definition) is 2. The van der Waals surface area contributed by atoms with Gasteiger partial charge in [-0.25, -0.2) is 4.98 Å². The molecule has 2 rings (SSSR count). The largest absolute Gasteiger partial charge is 0.497 e. The number of benzene rings is 1. The van der Waals surface area contributed by atoms with Crippen LogP contribution in [0.5, 0.6) is 5.75 Å². The molecular formula is C15H21N3O. The molecule has 0 saturated carbocycles. The normalized spacial score (nSPS) is 12.4. The van der Waals surface area contributed by atoms with E-state index < -0.39 is 0 Å². The number of hydrogen-bond acceptors (Lipinski definition) is 3. The Hall–Kier alpha value is -1.81. The minimum atomic E-state index is 0.290. The molecule has 0 aliphatic rings. The van der Waals surface area contributed by atoms with Crippen LogP contribution in [0, 0.1) is 6.92 Å². The van der Waals surface area contributed by atoms with Crippen LogP contribution in [0.15, 0.2) is 24.3 Å². The Balaban J connectivity index is 2.39. The van der Waals surface area contributed by atoms with E-state index in [0.717, 1.165) is 34.9 Å². The summed E-state index contributed by atoms with van der Waals surface area (Å²) in [6.45, 7) is 4.77. The first-order valence-electron chi connectivity index (χ1n) is 6.60. The summed E-state index contributed by atoms with van der Waals surface area (Å²) in [4.78, 5) is 8.06. The number of nitrogens with zero attached hydrogens (tertiary/aromatic N) is 1. The van der Waals surface area contributed by atoms with Crippen molar-refractivity contribution in [3.05, 3.63) is 35.8 Å². The van der Waals surface area contributed by atoms with E-state index in [4.69, 9.17) is 15.5 Å². The van der Waals surface area contributed by atoms with E-state index in [-0.39, 0.29) is 5.92 Å². The van der Waals surface area contributed by atoms with Crippen LogP contribution < -0.4 is 10.5 Å². The summed E-state index contributed by atoms with van der Waals surface area (Å²) < 4.78 is 5.25. The second-order valence-corrected chi connectivity index (χ2v) is 4.67. The zero-order chi connectivity index (χ0) is 13.8. The van der Waals surface area contributed by atoms with Crippen LogP contribution in [-0.2, 0) is 0 Å². The van der Waals surface area contributed by atoms with E-state index in [1.54, 1.807) is 7.11 Å². The van der Waals surface area contributed by atoms with Crippen LogP contribution >= 0.6 is 0 Å². The number of nitrogens with one attached hydrogen (secondary N) is 1. The summed E-state index contributed by atoms with van der Waals surface area (Å²) >= 11 is 0. The Morgan fingerprint density at radius 1 is 1.42 bits per heavy atom. The third-order valence-corrected chi connectivity index (χ3v) is 3.41. The lowest BCUT2D eigenvalue weighted by Gasteiger charge is -2.07. The van der Waals surface area contributed by atoms with Gasteiger partial charge in [-0.2, -0.15) is 0 Å². The minimum Gasteiger partial charge on any atom is -0.497 e. The van der Waals surface area contributed by atoms with Crippen LogP contribution in [0.1, 0.15) is 30.8 Å². The number of rotatable bonds is 5. The molecule has 1 unspecified atom stereocenters. The highest BCUT2D eigenvalue weighted by Crippen LogP contribution is 2.27. The van der Waals surface area contributed by atoms with E-state index in [1.165, 1.54) is 0 Å². The van der Waals surface area contributed by atoms with E-state index >= 15 is 0 Å². The molecule has 0 bridgehead atoms. The first-order valence-corrected chi connectivity index (χ1v) is 6.60. The van der Waals surface area contributed by atoms with E-state index in [1.807, 2.05) is 31.2 Å². The second kappa shape index (κ2) is 5.89. The quantitative estimate of drug-likeness (QED) is 0.867. The zero-order valence-electron chi connectivity index (χ0n) is 11.7. The Bertz CT molecular complexity index is 544. The number of aromatic nitrogens is 2. The summed E-state index contributed by atoms with van der Waals surface area (Å²) in [5.41, 5.74) is 8.88. The number of aryl methyl sites for hydroxylation is 1. The fourth-order valence-corrected chi connectivity index (χ4v) is 2.20. The monoisotopic (exact) mass is 259 g/mol. The average molecular weight is 259 g/mol. The Morgan fingerprint density at radius 3 is 2.84 bits per heavy atom. The van der Waals surface area contributed by atoms with Gasteiger partial charge in [0.1, 0.15) is 11.6 Å². The number of aromatic amines is 1. The molecule has 0 aliphatic carbocycles. The predicted octanol–water partition coefficient (Wildman–Crippen LogP) is 2.85. The number of imidazole rings is 1. The van der Waals surface area contributed by atoms with Gasteiger partial charge in [0, 0.05) is 23.7 Å². The fourth-order valence-electron chi connectivity index (χ4n) is 2.20. The number of H-pyrrole nitrogens is 1. The molecule has 1 aromatic carbocycles. The van der Waals surface area contributed by atoms with Gasteiger partial charge in [0.05, 0.1) is 12.8 Å². The molecule has 1 heterocycles. The molecular weight excluding hydrogens is 238 g/mol. The highest BCUT2D eigenvalue weighted by Gasteiger charge is 2.15. The Kier molecular flexibility index (Phi) is 4.22. The lowest BCUT2D eigenvalue weighted by atomic mass is 10.1. The van der Waals surface area contributed by atoms with Crippen LogP contribution in [0.25, 0.3) is 11.3 Å². The molecule has 0 radical (unpaired) electrons. The molecule has 102 valence electrons. The topological polar surface area (TPSA) is 63.9 Å². The van der Waals surface area contributed by atoms with Gasteiger partial charge in [0.2, 0.25) is 0 Å². The van der Waals surface area contributed by atoms with Crippen molar-refractivity contribution in [1.82, 2.24) is 9.97 Å². The molecule has 4 heteroatoms. The SMILES string of the molecule is CCC(CN)c1nc(-c2cccc(OC)c2)c(C)[nH]1. The van der Waals surface area contributed by atoms with Crippen LogP contribution in [0.2, 0.25) is 0 Å². The van der Waals surface area contributed by atoms with Crippen molar-refractivity contribution in [2.75, 3.05) is 13.7 Å². The lowest BCUT2D eigenvalue weighted by Crippen LogP contribution is -2.12. The second-order valence-electron chi connectivity index (χ2n) is 4.67. The van der Waals surface area contributed by atoms with Crippen molar-refractivity contribution in [1.29, 1.82) is 0 Å². The van der Waals surface area contributed by atoms with Gasteiger partial charge in [-0.15, -0.1) is 0 Å². The summed E-state index contributed by atoms with van der Waals surface area (Å²) in [5.74, 6) is 2.10. The Morgan fingerprint density at radius 2 is 2.21 bits per heavy atom. The summed E-state index contributed by atoms with van der Waals surface area (Å²) in [5, 5.41) is 0. The smallest absolute Gasteiger partial charge is 0.119 e. The highest BCUT2D eigenvalue weighted by molar-refractivity contribution is 5.63. The molecule has 0 spiro atoms. The van der Waals surface area contributed by atoms with Crippen LogP contribution in [-0.4, -0.2) is 23.6 Å². The maximum absolute atomic E-state index is 5.78. The van der Waals surface area contributed by atoms with Gasteiger partial charge < -0.3 is 15.5 Å². The van der Waals surface area contributed by atoms with Crippen molar-refractivity contribution in [2.24, 2.45) is 5.73 Å². The lowest BCUT2D eigenvalue weighted by molar-refractivity contribution is 0.415. The van der Waals surface area contributed by atoms with Crippen molar-refractivity contribution < 1.29 is 4.74 Å². The first kappa shape index (κ1) is 13.6. The van der Waals surface area contributed by atoms with E-state index in [9.17, 15) is 0 Å². The summed E-state index contributed by atoms with van der Waals surface area (Å²) in [6.07, 6.45) is 0.987. The molecule has 0 saturated heterocycles. The molecule has 0 amide bonds. The molecule has 1 atom stereocenters. The molecule has 3 N–H and O–H groups in total. The van der Waals surface area contributed by atoms with Gasteiger partial charge in [0.15, 0.2) is 0 Å². The van der Waals surface area contributed by atoms with Crippen molar-refractivity contribution in [3.8, 4) is 17.0 Å². The maximum atomic E-state index is 5.78. The van der Waals surface area contributed by atoms with Crippen LogP contribution in [0.3, 0.4) is 0 Å². The standard InChI is InChI=1S/C15H21N3O/c1-4-11(9-16)15-17-10(2)14(18-15)12-6-5-7-13(8-12)19-3/h5-8,11H,4,9,16H2,1-3H3,(H,17,18). The zero-order valence-corrected chi connectivity index (χ0v) is 11.7.